The molecule has 0 unspecified atom stereocenters. The molecule has 1 saturated heterocycles. The first-order valence-corrected chi connectivity index (χ1v) is 8.26. The number of benzene rings is 2. The molecule has 2 heteroatoms. The minimum absolute atomic E-state index is 0.287. The summed E-state index contributed by atoms with van der Waals surface area (Å²) in [6.07, 6.45) is 1.74. The van der Waals surface area contributed by atoms with E-state index in [2.05, 4.69) is 36.1 Å². The van der Waals surface area contributed by atoms with Gasteiger partial charge in [-0.1, -0.05) is 67.6 Å². The van der Waals surface area contributed by atoms with E-state index >= 15 is 0 Å². The second-order valence-corrected chi connectivity index (χ2v) is 6.33. The SMILES string of the molecule is CCN1CC[C@H]([C@@](O)(Cc2ccccc2)c2ccccc2)C1. The van der Waals surface area contributed by atoms with Crippen molar-refractivity contribution in [1.29, 1.82) is 0 Å². The van der Waals surface area contributed by atoms with Crippen molar-refractivity contribution in [2.75, 3.05) is 19.6 Å². The minimum atomic E-state index is -0.785. The van der Waals surface area contributed by atoms with E-state index in [1.165, 1.54) is 5.56 Å². The van der Waals surface area contributed by atoms with Gasteiger partial charge >= 0.3 is 0 Å². The largest absolute Gasteiger partial charge is 0.384 e. The summed E-state index contributed by atoms with van der Waals surface area (Å²) in [5.41, 5.74) is 1.46. The normalized spacial score (nSPS) is 21.6. The Morgan fingerprint density at radius 3 is 2.27 bits per heavy atom. The van der Waals surface area contributed by atoms with Crippen molar-refractivity contribution in [1.82, 2.24) is 4.90 Å². The molecular weight excluding hydrogens is 270 g/mol. The van der Waals surface area contributed by atoms with Crippen LogP contribution in [0.2, 0.25) is 0 Å². The maximum absolute atomic E-state index is 11.6. The zero-order valence-electron chi connectivity index (χ0n) is 13.3. The van der Waals surface area contributed by atoms with Crippen LogP contribution in [-0.2, 0) is 12.0 Å². The second-order valence-electron chi connectivity index (χ2n) is 6.33. The van der Waals surface area contributed by atoms with Gasteiger partial charge in [-0.15, -0.1) is 0 Å². The van der Waals surface area contributed by atoms with E-state index in [0.29, 0.717) is 6.42 Å². The van der Waals surface area contributed by atoms with Gasteiger partial charge in [0.05, 0.1) is 5.60 Å². The van der Waals surface area contributed by atoms with Gasteiger partial charge in [-0.3, -0.25) is 0 Å². The Morgan fingerprint density at radius 2 is 1.68 bits per heavy atom. The van der Waals surface area contributed by atoms with Crippen LogP contribution in [0.4, 0.5) is 0 Å². The van der Waals surface area contributed by atoms with E-state index in [1.54, 1.807) is 0 Å². The fraction of sp³-hybridized carbons (Fsp3) is 0.400. The molecule has 0 bridgehead atoms. The highest BCUT2D eigenvalue weighted by atomic mass is 16.3. The molecular formula is C20H25NO. The van der Waals surface area contributed by atoms with Gasteiger partial charge in [0.1, 0.15) is 0 Å². The Hall–Kier alpha value is -1.64. The van der Waals surface area contributed by atoms with Crippen LogP contribution >= 0.6 is 0 Å². The van der Waals surface area contributed by atoms with Gasteiger partial charge in [0.15, 0.2) is 0 Å². The smallest absolute Gasteiger partial charge is 0.0977 e. The van der Waals surface area contributed by atoms with E-state index in [1.807, 2.05) is 36.4 Å². The Bertz CT molecular complexity index is 583. The number of likely N-dealkylation sites (tertiary alicyclic amines) is 1. The summed E-state index contributed by atoms with van der Waals surface area (Å²) in [4.78, 5) is 2.43. The molecule has 1 aliphatic heterocycles. The third kappa shape index (κ3) is 3.08. The Kier molecular flexibility index (Phi) is 4.60. The molecule has 1 fully saturated rings. The number of hydrogen-bond donors (Lipinski definition) is 1. The summed E-state index contributed by atoms with van der Waals surface area (Å²) in [6.45, 7) is 5.33. The molecule has 0 aliphatic carbocycles. The topological polar surface area (TPSA) is 23.5 Å². The zero-order valence-corrected chi connectivity index (χ0v) is 13.3. The van der Waals surface area contributed by atoms with E-state index < -0.39 is 5.60 Å². The Morgan fingerprint density at radius 1 is 1.05 bits per heavy atom. The fourth-order valence-corrected chi connectivity index (χ4v) is 3.63. The van der Waals surface area contributed by atoms with Crippen molar-refractivity contribution in [3.8, 4) is 0 Å². The van der Waals surface area contributed by atoms with E-state index in [4.69, 9.17) is 0 Å². The Labute approximate surface area is 133 Å². The molecule has 0 aromatic heterocycles. The first-order valence-electron chi connectivity index (χ1n) is 8.26. The van der Waals surface area contributed by atoms with E-state index in [9.17, 15) is 5.11 Å². The highest BCUT2D eigenvalue weighted by molar-refractivity contribution is 5.28. The van der Waals surface area contributed by atoms with Crippen LogP contribution in [0.15, 0.2) is 60.7 Å². The van der Waals surface area contributed by atoms with Crippen LogP contribution in [0.25, 0.3) is 0 Å². The number of rotatable bonds is 5. The van der Waals surface area contributed by atoms with Gasteiger partial charge in [0.2, 0.25) is 0 Å². The molecule has 2 aromatic rings. The summed E-state index contributed by atoms with van der Waals surface area (Å²) >= 11 is 0. The predicted molar refractivity (Wildman–Crippen MR) is 90.7 cm³/mol. The lowest BCUT2D eigenvalue weighted by atomic mass is 9.76. The monoisotopic (exact) mass is 295 g/mol. The van der Waals surface area contributed by atoms with Crippen molar-refractivity contribution < 1.29 is 5.11 Å². The van der Waals surface area contributed by atoms with Crippen LogP contribution in [0.1, 0.15) is 24.5 Å². The molecule has 0 saturated carbocycles. The molecule has 0 radical (unpaired) electrons. The van der Waals surface area contributed by atoms with Crippen molar-refractivity contribution >= 4 is 0 Å². The Balaban J connectivity index is 1.92. The summed E-state index contributed by atoms with van der Waals surface area (Å²) in [6, 6.07) is 20.5. The number of nitrogens with zero attached hydrogens (tertiary/aromatic N) is 1. The van der Waals surface area contributed by atoms with E-state index in [0.717, 1.165) is 31.6 Å². The maximum Gasteiger partial charge on any atom is 0.0977 e. The van der Waals surface area contributed by atoms with E-state index in [-0.39, 0.29) is 5.92 Å². The third-order valence-corrected chi connectivity index (χ3v) is 4.99. The molecule has 1 N–H and O–H groups in total. The third-order valence-electron chi connectivity index (χ3n) is 4.99. The molecule has 22 heavy (non-hydrogen) atoms. The van der Waals surface area contributed by atoms with Gasteiger partial charge in [0.25, 0.3) is 0 Å². The summed E-state index contributed by atoms with van der Waals surface area (Å²) in [7, 11) is 0. The highest BCUT2D eigenvalue weighted by Gasteiger charge is 2.41. The van der Waals surface area contributed by atoms with Gasteiger partial charge in [-0.25, -0.2) is 0 Å². The van der Waals surface area contributed by atoms with Crippen LogP contribution in [-0.4, -0.2) is 29.6 Å². The quantitative estimate of drug-likeness (QED) is 0.913. The number of hydrogen-bond acceptors (Lipinski definition) is 2. The van der Waals surface area contributed by atoms with Crippen molar-refractivity contribution in [2.45, 2.75) is 25.4 Å². The molecule has 2 aromatic carbocycles. The van der Waals surface area contributed by atoms with Gasteiger partial charge in [-0.05, 0) is 30.6 Å². The lowest BCUT2D eigenvalue weighted by Crippen LogP contribution is -2.39. The van der Waals surface area contributed by atoms with Crippen LogP contribution in [0, 0.1) is 5.92 Å². The van der Waals surface area contributed by atoms with Gasteiger partial charge < -0.3 is 10.0 Å². The zero-order chi connectivity index (χ0) is 15.4. The standard InChI is InChI=1S/C20H25NO/c1-2-21-14-13-19(16-21)20(22,18-11-7-4-8-12-18)15-17-9-5-3-6-10-17/h3-12,19,22H,2,13-16H2,1H3/t19-,20+/m0/s1. The first-order chi connectivity index (χ1) is 10.7. The first kappa shape index (κ1) is 15.3. The van der Waals surface area contributed by atoms with Crippen molar-refractivity contribution in [2.24, 2.45) is 5.92 Å². The lowest BCUT2D eigenvalue weighted by molar-refractivity contribution is -0.0202. The molecule has 0 amide bonds. The molecule has 2 atom stereocenters. The van der Waals surface area contributed by atoms with Gasteiger partial charge in [0, 0.05) is 18.9 Å². The number of aliphatic hydroxyl groups is 1. The molecule has 1 aliphatic rings. The van der Waals surface area contributed by atoms with Crippen molar-refractivity contribution in [3.05, 3.63) is 71.8 Å². The summed E-state index contributed by atoms with van der Waals surface area (Å²) < 4.78 is 0. The average Bonchev–Trinajstić information content (AvgIpc) is 3.06. The molecule has 3 rings (SSSR count). The molecule has 1 heterocycles. The summed E-state index contributed by atoms with van der Waals surface area (Å²) in [5.74, 6) is 0.287. The van der Waals surface area contributed by atoms with Crippen LogP contribution in [0.3, 0.4) is 0 Å². The van der Waals surface area contributed by atoms with Crippen LogP contribution < -0.4 is 0 Å². The highest BCUT2D eigenvalue weighted by Crippen LogP contribution is 2.38. The molecule has 116 valence electrons. The molecule has 0 spiro atoms. The van der Waals surface area contributed by atoms with Gasteiger partial charge in [-0.2, -0.15) is 0 Å². The second kappa shape index (κ2) is 6.64. The molecule has 2 nitrogen and oxygen atoms in total. The van der Waals surface area contributed by atoms with Crippen LogP contribution in [0.5, 0.6) is 0 Å². The summed E-state index contributed by atoms with van der Waals surface area (Å²) in [5, 5.41) is 11.6. The average molecular weight is 295 g/mol. The predicted octanol–water partition coefficient (Wildman–Crippen LogP) is 3.46. The lowest BCUT2D eigenvalue weighted by Gasteiger charge is -2.35. The fourth-order valence-electron chi connectivity index (χ4n) is 3.63. The minimum Gasteiger partial charge on any atom is -0.384 e. The maximum atomic E-state index is 11.6. The van der Waals surface area contributed by atoms with Crippen molar-refractivity contribution in [3.63, 3.8) is 0 Å².